The zero-order valence-electron chi connectivity index (χ0n) is 7.89. The molecule has 2 heterocycles. The van der Waals surface area contributed by atoms with Crippen molar-refractivity contribution in [1.82, 2.24) is 14.9 Å². The van der Waals surface area contributed by atoms with Crippen LogP contribution >= 0.6 is 0 Å². The number of morpholine rings is 1. The lowest BCUT2D eigenvalue weighted by Gasteiger charge is -2.26. The molecule has 76 valence electrons. The first kappa shape index (κ1) is 9.36. The number of aromatic nitrogens is 2. The van der Waals surface area contributed by atoms with Crippen molar-refractivity contribution in [3.63, 3.8) is 0 Å². The zero-order valence-corrected chi connectivity index (χ0v) is 7.89. The Hall–Kier alpha value is -1.20. The fraction of sp³-hybridized carbons (Fsp3) is 0.556. The minimum atomic E-state index is 0.166. The van der Waals surface area contributed by atoms with Crippen molar-refractivity contribution in [2.24, 2.45) is 0 Å². The van der Waals surface area contributed by atoms with Gasteiger partial charge in [-0.05, 0) is 0 Å². The molecule has 0 aromatic carbocycles. The van der Waals surface area contributed by atoms with Crippen LogP contribution in [0, 0.1) is 0 Å². The lowest BCUT2D eigenvalue weighted by molar-refractivity contribution is 0.0333. The monoisotopic (exact) mass is 195 g/mol. The SMILES string of the molecule is Oc1cncnc1CN1CCOCC1. The van der Waals surface area contributed by atoms with Crippen molar-refractivity contribution >= 4 is 0 Å². The molecular weight excluding hydrogens is 182 g/mol. The van der Waals surface area contributed by atoms with Gasteiger partial charge in [0.25, 0.3) is 0 Å². The van der Waals surface area contributed by atoms with Gasteiger partial charge in [-0.2, -0.15) is 0 Å². The average molecular weight is 195 g/mol. The lowest BCUT2D eigenvalue weighted by atomic mass is 10.3. The molecule has 1 fully saturated rings. The normalized spacial score (nSPS) is 18.3. The van der Waals surface area contributed by atoms with Crippen molar-refractivity contribution < 1.29 is 9.84 Å². The van der Waals surface area contributed by atoms with Crippen LogP contribution in [0.15, 0.2) is 12.5 Å². The maximum Gasteiger partial charge on any atom is 0.156 e. The van der Waals surface area contributed by atoms with E-state index in [0.29, 0.717) is 12.2 Å². The van der Waals surface area contributed by atoms with E-state index in [9.17, 15) is 5.11 Å². The number of nitrogens with zero attached hydrogens (tertiary/aromatic N) is 3. The summed E-state index contributed by atoms with van der Waals surface area (Å²) in [6, 6.07) is 0. The summed E-state index contributed by atoms with van der Waals surface area (Å²) in [5.41, 5.74) is 0.682. The average Bonchev–Trinajstić information content (AvgIpc) is 2.23. The highest BCUT2D eigenvalue weighted by Crippen LogP contribution is 2.13. The quantitative estimate of drug-likeness (QED) is 0.720. The van der Waals surface area contributed by atoms with Crippen LogP contribution in [0.3, 0.4) is 0 Å². The molecule has 1 aromatic rings. The molecule has 5 heteroatoms. The van der Waals surface area contributed by atoms with Crippen LogP contribution in [0.25, 0.3) is 0 Å². The predicted octanol–water partition coefficient (Wildman–Crippen LogP) is 0.0144. The minimum absolute atomic E-state index is 0.166. The van der Waals surface area contributed by atoms with Crippen LogP contribution in [-0.4, -0.2) is 46.3 Å². The smallest absolute Gasteiger partial charge is 0.156 e. The van der Waals surface area contributed by atoms with Crippen LogP contribution in [-0.2, 0) is 11.3 Å². The molecule has 0 amide bonds. The van der Waals surface area contributed by atoms with Crippen molar-refractivity contribution in [1.29, 1.82) is 0 Å². The molecule has 0 unspecified atom stereocenters. The minimum Gasteiger partial charge on any atom is -0.504 e. The van der Waals surface area contributed by atoms with Gasteiger partial charge in [0.2, 0.25) is 0 Å². The Balaban J connectivity index is 1.99. The third kappa shape index (κ3) is 2.18. The molecule has 14 heavy (non-hydrogen) atoms. The molecule has 0 atom stereocenters. The van der Waals surface area contributed by atoms with Crippen LogP contribution in [0.5, 0.6) is 5.75 Å². The van der Waals surface area contributed by atoms with Gasteiger partial charge in [-0.1, -0.05) is 0 Å². The summed E-state index contributed by atoms with van der Waals surface area (Å²) in [5.74, 6) is 0.166. The Morgan fingerprint density at radius 2 is 2.21 bits per heavy atom. The standard InChI is InChI=1S/C9H13N3O2/c13-9-5-10-7-11-8(9)6-12-1-3-14-4-2-12/h5,7,13H,1-4,6H2. The number of rotatable bonds is 2. The Kier molecular flexibility index (Phi) is 2.90. The first-order valence-corrected chi connectivity index (χ1v) is 4.64. The van der Waals surface area contributed by atoms with Crippen molar-refractivity contribution in [3.05, 3.63) is 18.2 Å². The molecule has 2 rings (SSSR count). The lowest BCUT2D eigenvalue weighted by Crippen LogP contribution is -2.35. The van der Waals surface area contributed by atoms with E-state index >= 15 is 0 Å². The van der Waals surface area contributed by atoms with Crippen molar-refractivity contribution in [2.45, 2.75) is 6.54 Å². The van der Waals surface area contributed by atoms with Gasteiger partial charge in [-0.3, -0.25) is 4.90 Å². The molecule has 5 nitrogen and oxygen atoms in total. The molecule has 0 saturated carbocycles. The largest absolute Gasteiger partial charge is 0.504 e. The highest BCUT2D eigenvalue weighted by atomic mass is 16.5. The summed E-state index contributed by atoms with van der Waals surface area (Å²) < 4.78 is 5.23. The number of aromatic hydroxyl groups is 1. The fourth-order valence-electron chi connectivity index (χ4n) is 1.44. The first-order chi connectivity index (χ1) is 6.86. The van der Waals surface area contributed by atoms with E-state index in [1.165, 1.54) is 12.5 Å². The van der Waals surface area contributed by atoms with Gasteiger partial charge in [-0.25, -0.2) is 9.97 Å². The van der Waals surface area contributed by atoms with E-state index in [1.807, 2.05) is 0 Å². The molecule has 1 aliphatic rings. The summed E-state index contributed by atoms with van der Waals surface area (Å²) in [6.07, 6.45) is 2.87. The second-order valence-corrected chi connectivity index (χ2v) is 3.24. The summed E-state index contributed by atoms with van der Waals surface area (Å²) >= 11 is 0. The first-order valence-electron chi connectivity index (χ1n) is 4.64. The molecule has 0 bridgehead atoms. The Labute approximate surface area is 82.4 Å². The summed E-state index contributed by atoms with van der Waals surface area (Å²) in [6.45, 7) is 3.96. The number of hydrogen-bond acceptors (Lipinski definition) is 5. The highest BCUT2D eigenvalue weighted by Gasteiger charge is 2.13. The van der Waals surface area contributed by atoms with Gasteiger partial charge in [0.15, 0.2) is 5.75 Å². The van der Waals surface area contributed by atoms with Gasteiger partial charge >= 0.3 is 0 Å². The molecule has 1 aliphatic heterocycles. The van der Waals surface area contributed by atoms with Gasteiger partial charge in [0.05, 0.1) is 25.1 Å². The third-order valence-electron chi connectivity index (χ3n) is 2.25. The van der Waals surface area contributed by atoms with Crippen molar-refractivity contribution in [3.8, 4) is 5.75 Å². The fourth-order valence-corrected chi connectivity index (χ4v) is 1.44. The molecule has 0 spiro atoms. The Morgan fingerprint density at radius 1 is 1.43 bits per heavy atom. The van der Waals surface area contributed by atoms with E-state index in [2.05, 4.69) is 14.9 Å². The summed E-state index contributed by atoms with van der Waals surface area (Å²) in [4.78, 5) is 9.96. The third-order valence-corrected chi connectivity index (χ3v) is 2.25. The van der Waals surface area contributed by atoms with Crippen LogP contribution in [0.2, 0.25) is 0 Å². The predicted molar refractivity (Wildman–Crippen MR) is 49.8 cm³/mol. The Morgan fingerprint density at radius 3 is 2.93 bits per heavy atom. The maximum atomic E-state index is 9.46. The van der Waals surface area contributed by atoms with Gasteiger partial charge in [0.1, 0.15) is 6.33 Å². The van der Waals surface area contributed by atoms with Gasteiger partial charge in [-0.15, -0.1) is 0 Å². The van der Waals surface area contributed by atoms with E-state index in [-0.39, 0.29) is 5.75 Å². The summed E-state index contributed by atoms with van der Waals surface area (Å²) in [5, 5.41) is 9.46. The van der Waals surface area contributed by atoms with Crippen LogP contribution in [0.4, 0.5) is 0 Å². The van der Waals surface area contributed by atoms with Gasteiger partial charge in [0, 0.05) is 19.6 Å². The summed E-state index contributed by atoms with van der Waals surface area (Å²) in [7, 11) is 0. The molecule has 1 N–H and O–H groups in total. The zero-order chi connectivity index (χ0) is 9.80. The van der Waals surface area contributed by atoms with E-state index in [1.54, 1.807) is 0 Å². The molecule has 1 saturated heterocycles. The van der Waals surface area contributed by atoms with E-state index < -0.39 is 0 Å². The second kappa shape index (κ2) is 4.34. The van der Waals surface area contributed by atoms with E-state index in [4.69, 9.17) is 4.74 Å². The number of ether oxygens (including phenoxy) is 1. The van der Waals surface area contributed by atoms with Crippen LogP contribution < -0.4 is 0 Å². The topological polar surface area (TPSA) is 58.5 Å². The molecular formula is C9H13N3O2. The van der Waals surface area contributed by atoms with Gasteiger partial charge < -0.3 is 9.84 Å². The van der Waals surface area contributed by atoms with Crippen molar-refractivity contribution in [2.75, 3.05) is 26.3 Å². The molecule has 1 aromatic heterocycles. The number of hydrogen-bond donors (Lipinski definition) is 1. The maximum absolute atomic E-state index is 9.46. The highest BCUT2D eigenvalue weighted by molar-refractivity contribution is 5.20. The second-order valence-electron chi connectivity index (χ2n) is 3.24. The molecule has 0 aliphatic carbocycles. The van der Waals surface area contributed by atoms with E-state index in [0.717, 1.165) is 26.3 Å². The van der Waals surface area contributed by atoms with Crippen LogP contribution in [0.1, 0.15) is 5.69 Å². The molecule has 0 radical (unpaired) electrons. The Bertz CT molecular complexity index is 300.